The zero-order valence-electron chi connectivity index (χ0n) is 10.6. The molecule has 102 valence electrons. The van der Waals surface area contributed by atoms with Crippen LogP contribution >= 0.6 is 0 Å². The van der Waals surface area contributed by atoms with Gasteiger partial charge < -0.3 is 10.2 Å². The van der Waals surface area contributed by atoms with Crippen LogP contribution in [0.3, 0.4) is 0 Å². The largest absolute Gasteiger partial charge is 0.395 e. The highest BCUT2D eigenvalue weighted by atomic mass is 32.2. The Morgan fingerprint density at radius 2 is 2.06 bits per heavy atom. The van der Waals surface area contributed by atoms with Crippen molar-refractivity contribution in [2.24, 2.45) is 0 Å². The van der Waals surface area contributed by atoms with Crippen molar-refractivity contribution in [1.29, 1.82) is 0 Å². The predicted octanol–water partition coefficient (Wildman–Crippen LogP) is 0.359. The first-order valence-electron chi connectivity index (χ1n) is 5.73. The molecule has 1 atom stereocenters. The maximum Gasteiger partial charge on any atom is 0.243 e. The van der Waals surface area contributed by atoms with Crippen LogP contribution in [0.4, 0.5) is 0 Å². The lowest BCUT2D eigenvalue weighted by Gasteiger charge is -2.22. The Balaban J connectivity index is 3.08. The van der Waals surface area contributed by atoms with Crippen molar-refractivity contribution < 1.29 is 18.6 Å². The van der Waals surface area contributed by atoms with Crippen LogP contribution in [0.2, 0.25) is 0 Å². The van der Waals surface area contributed by atoms with E-state index in [9.17, 15) is 13.5 Å². The summed E-state index contributed by atoms with van der Waals surface area (Å²) < 4.78 is 25.7. The fraction of sp³-hybridized carbons (Fsp3) is 0.500. The van der Waals surface area contributed by atoms with Crippen molar-refractivity contribution >= 4 is 10.0 Å². The molecule has 0 fully saturated rings. The number of aliphatic hydroxyl groups is 2. The van der Waals surface area contributed by atoms with Gasteiger partial charge in [-0.05, 0) is 31.5 Å². The smallest absolute Gasteiger partial charge is 0.243 e. The van der Waals surface area contributed by atoms with E-state index in [0.717, 1.165) is 9.87 Å². The number of sulfonamides is 1. The van der Waals surface area contributed by atoms with Crippen LogP contribution in [0.1, 0.15) is 12.5 Å². The van der Waals surface area contributed by atoms with Crippen molar-refractivity contribution in [2.45, 2.75) is 24.8 Å². The number of hydrogen-bond donors (Lipinski definition) is 2. The lowest BCUT2D eigenvalue weighted by atomic mass is 10.2. The maximum atomic E-state index is 12.3. The summed E-state index contributed by atoms with van der Waals surface area (Å²) in [5.74, 6) is 0. The molecule has 18 heavy (non-hydrogen) atoms. The molecule has 1 aromatic carbocycles. The molecule has 1 aromatic rings. The van der Waals surface area contributed by atoms with E-state index in [-0.39, 0.29) is 24.6 Å². The lowest BCUT2D eigenvalue weighted by molar-refractivity contribution is 0.152. The Kier molecular flexibility index (Phi) is 5.28. The maximum absolute atomic E-state index is 12.3. The molecule has 6 heteroatoms. The summed E-state index contributed by atoms with van der Waals surface area (Å²) in [7, 11) is -3.67. The van der Waals surface area contributed by atoms with Gasteiger partial charge in [0.05, 0.1) is 17.6 Å². The highest BCUT2D eigenvalue weighted by Crippen LogP contribution is 2.17. The van der Waals surface area contributed by atoms with E-state index in [0.29, 0.717) is 0 Å². The molecule has 0 aliphatic rings. The Morgan fingerprint density at radius 3 is 2.56 bits per heavy atom. The number of aliphatic hydroxyl groups excluding tert-OH is 2. The van der Waals surface area contributed by atoms with Gasteiger partial charge in [-0.25, -0.2) is 8.42 Å². The average Bonchev–Trinajstić information content (AvgIpc) is 2.28. The molecule has 2 N–H and O–H groups in total. The highest BCUT2D eigenvalue weighted by Gasteiger charge is 2.25. The molecular weight excluding hydrogens is 254 g/mol. The summed E-state index contributed by atoms with van der Waals surface area (Å²) in [6, 6.07) is 6.56. The standard InChI is InChI=1S/C12H19NO4S/c1-10-4-3-5-12(8-10)18(16,17)13(6-7-14)9-11(2)15/h3-5,8,11,14-15H,6-7,9H2,1-2H3. The molecule has 1 unspecified atom stereocenters. The van der Waals surface area contributed by atoms with Crippen LogP contribution < -0.4 is 0 Å². The zero-order valence-corrected chi connectivity index (χ0v) is 11.4. The van der Waals surface area contributed by atoms with Gasteiger partial charge in [0, 0.05) is 13.1 Å². The van der Waals surface area contributed by atoms with Gasteiger partial charge in [0.1, 0.15) is 0 Å². The molecule has 0 bridgehead atoms. The summed E-state index contributed by atoms with van der Waals surface area (Å²) in [6.45, 7) is 2.98. The molecule has 0 saturated heterocycles. The molecule has 0 radical (unpaired) electrons. The van der Waals surface area contributed by atoms with Crippen LogP contribution in [-0.4, -0.2) is 48.7 Å². The monoisotopic (exact) mass is 273 g/mol. The molecular formula is C12H19NO4S. The summed E-state index contributed by atoms with van der Waals surface area (Å²) in [5, 5.41) is 18.3. The SMILES string of the molecule is Cc1cccc(S(=O)(=O)N(CCO)CC(C)O)c1. The van der Waals surface area contributed by atoms with Crippen LogP contribution in [0.25, 0.3) is 0 Å². The third kappa shape index (κ3) is 3.78. The van der Waals surface area contributed by atoms with Crippen LogP contribution in [0.15, 0.2) is 29.2 Å². The van der Waals surface area contributed by atoms with E-state index in [1.807, 2.05) is 13.0 Å². The van der Waals surface area contributed by atoms with Gasteiger partial charge in [-0.15, -0.1) is 0 Å². The minimum atomic E-state index is -3.67. The van der Waals surface area contributed by atoms with Crippen molar-refractivity contribution in [3.63, 3.8) is 0 Å². The van der Waals surface area contributed by atoms with Gasteiger partial charge in [0.25, 0.3) is 0 Å². The van der Waals surface area contributed by atoms with E-state index >= 15 is 0 Å². The summed E-state index contributed by atoms with van der Waals surface area (Å²) >= 11 is 0. The fourth-order valence-corrected chi connectivity index (χ4v) is 3.26. The first-order valence-corrected chi connectivity index (χ1v) is 7.17. The Bertz CT molecular complexity index is 485. The van der Waals surface area contributed by atoms with Crippen molar-refractivity contribution in [2.75, 3.05) is 19.7 Å². The topological polar surface area (TPSA) is 77.8 Å². The predicted molar refractivity (Wildman–Crippen MR) is 68.7 cm³/mol. The van der Waals surface area contributed by atoms with Crippen molar-refractivity contribution in [3.8, 4) is 0 Å². The van der Waals surface area contributed by atoms with E-state index in [1.165, 1.54) is 13.0 Å². The minimum absolute atomic E-state index is 0.0266. The van der Waals surface area contributed by atoms with Gasteiger partial charge in [0.2, 0.25) is 10.0 Å². The normalized spacial score (nSPS) is 13.8. The molecule has 0 aliphatic heterocycles. The summed E-state index contributed by atoms with van der Waals surface area (Å²) in [5.41, 5.74) is 0.845. The number of nitrogens with zero attached hydrogens (tertiary/aromatic N) is 1. The number of aryl methyl sites for hydroxylation is 1. The summed E-state index contributed by atoms with van der Waals surface area (Å²) in [6.07, 6.45) is -0.781. The first kappa shape index (κ1) is 15.1. The van der Waals surface area contributed by atoms with Gasteiger partial charge >= 0.3 is 0 Å². The van der Waals surface area contributed by atoms with Crippen molar-refractivity contribution in [1.82, 2.24) is 4.31 Å². The van der Waals surface area contributed by atoms with Gasteiger partial charge in [-0.1, -0.05) is 12.1 Å². The van der Waals surface area contributed by atoms with Crippen LogP contribution in [0.5, 0.6) is 0 Å². The van der Waals surface area contributed by atoms with Gasteiger partial charge in [-0.2, -0.15) is 4.31 Å². The molecule has 0 saturated carbocycles. The van der Waals surface area contributed by atoms with E-state index in [4.69, 9.17) is 5.11 Å². The molecule has 0 amide bonds. The Labute approximate surface area is 108 Å². The van der Waals surface area contributed by atoms with E-state index in [2.05, 4.69) is 0 Å². The Hall–Kier alpha value is -0.950. The van der Waals surface area contributed by atoms with E-state index < -0.39 is 16.1 Å². The van der Waals surface area contributed by atoms with Gasteiger partial charge in [-0.3, -0.25) is 0 Å². The second-order valence-corrected chi connectivity index (χ2v) is 6.19. The molecule has 0 spiro atoms. The quantitative estimate of drug-likeness (QED) is 0.784. The number of rotatable bonds is 6. The fourth-order valence-electron chi connectivity index (χ4n) is 1.64. The molecule has 0 heterocycles. The van der Waals surface area contributed by atoms with E-state index in [1.54, 1.807) is 12.1 Å². The third-order valence-corrected chi connectivity index (χ3v) is 4.31. The van der Waals surface area contributed by atoms with Crippen molar-refractivity contribution in [3.05, 3.63) is 29.8 Å². The van der Waals surface area contributed by atoms with Gasteiger partial charge in [0.15, 0.2) is 0 Å². The molecule has 0 aliphatic carbocycles. The summed E-state index contributed by atoms with van der Waals surface area (Å²) in [4.78, 5) is 0.177. The minimum Gasteiger partial charge on any atom is -0.395 e. The molecule has 1 rings (SSSR count). The second-order valence-electron chi connectivity index (χ2n) is 4.25. The lowest BCUT2D eigenvalue weighted by Crippen LogP contribution is -2.38. The van der Waals surface area contributed by atoms with Crippen LogP contribution in [0, 0.1) is 6.92 Å². The molecule has 5 nitrogen and oxygen atoms in total. The zero-order chi connectivity index (χ0) is 13.8. The number of benzene rings is 1. The number of hydrogen-bond acceptors (Lipinski definition) is 4. The average molecular weight is 273 g/mol. The Morgan fingerprint density at radius 1 is 1.39 bits per heavy atom. The third-order valence-electron chi connectivity index (χ3n) is 2.44. The molecule has 0 aromatic heterocycles. The first-order chi connectivity index (χ1) is 8.37. The highest BCUT2D eigenvalue weighted by molar-refractivity contribution is 7.89. The van der Waals surface area contributed by atoms with Crippen LogP contribution in [-0.2, 0) is 10.0 Å². The second kappa shape index (κ2) is 6.29.